The van der Waals surface area contributed by atoms with E-state index in [0.29, 0.717) is 23.4 Å². The van der Waals surface area contributed by atoms with Crippen molar-refractivity contribution in [3.63, 3.8) is 0 Å². The molecule has 0 saturated carbocycles. The molecule has 2 rings (SSSR count). The van der Waals surface area contributed by atoms with Crippen molar-refractivity contribution >= 4 is 34.8 Å². The molecule has 2 amide bonds. The summed E-state index contributed by atoms with van der Waals surface area (Å²) >= 11 is 5.25. The van der Waals surface area contributed by atoms with Gasteiger partial charge in [0.15, 0.2) is 5.11 Å². The number of unbranched alkanes of at least 4 members (excludes halogenated alkanes) is 2. The summed E-state index contributed by atoms with van der Waals surface area (Å²) in [6, 6.07) is 14.0. The van der Waals surface area contributed by atoms with E-state index in [1.807, 2.05) is 13.8 Å². The standard InChI is InChI=1S/C24H31N3O3S/c1-4-6-7-15-30-21-13-11-18(12-14-21)22(28)27-24(31)26-20-10-8-9-19(16-20)23(29)25-17(3)5-2/h8-14,16-17H,4-7,15H2,1-3H3,(H,25,29)(H2,26,27,28,31). The minimum absolute atomic E-state index is 0.0950. The lowest BCUT2D eigenvalue weighted by Crippen LogP contribution is -2.34. The van der Waals surface area contributed by atoms with Gasteiger partial charge < -0.3 is 15.4 Å². The van der Waals surface area contributed by atoms with Gasteiger partial charge in [-0.25, -0.2) is 0 Å². The molecule has 7 heteroatoms. The van der Waals surface area contributed by atoms with Gasteiger partial charge in [-0.1, -0.05) is 32.8 Å². The number of rotatable bonds is 10. The predicted molar refractivity (Wildman–Crippen MR) is 129 cm³/mol. The highest BCUT2D eigenvalue weighted by Gasteiger charge is 2.11. The summed E-state index contributed by atoms with van der Waals surface area (Å²) in [5.74, 6) is 0.270. The Balaban J connectivity index is 1.88. The fourth-order valence-electron chi connectivity index (χ4n) is 2.73. The van der Waals surface area contributed by atoms with Crippen LogP contribution in [0.3, 0.4) is 0 Å². The molecule has 1 unspecified atom stereocenters. The van der Waals surface area contributed by atoms with E-state index in [-0.39, 0.29) is 23.0 Å². The fraction of sp³-hybridized carbons (Fsp3) is 0.375. The summed E-state index contributed by atoms with van der Waals surface area (Å²) in [5.41, 5.74) is 1.62. The highest BCUT2D eigenvalue weighted by atomic mass is 32.1. The van der Waals surface area contributed by atoms with E-state index in [9.17, 15) is 9.59 Å². The van der Waals surface area contributed by atoms with E-state index in [0.717, 1.165) is 31.4 Å². The number of hydrogen-bond acceptors (Lipinski definition) is 4. The van der Waals surface area contributed by atoms with Crippen LogP contribution in [0.15, 0.2) is 48.5 Å². The lowest BCUT2D eigenvalue weighted by atomic mass is 10.1. The second kappa shape index (κ2) is 12.7. The second-order valence-electron chi connectivity index (χ2n) is 7.35. The van der Waals surface area contributed by atoms with Crippen LogP contribution in [0.2, 0.25) is 0 Å². The van der Waals surface area contributed by atoms with E-state index in [1.165, 1.54) is 0 Å². The Morgan fingerprint density at radius 2 is 1.74 bits per heavy atom. The highest BCUT2D eigenvalue weighted by Crippen LogP contribution is 2.14. The molecule has 0 aliphatic rings. The van der Waals surface area contributed by atoms with Crippen molar-refractivity contribution in [3.05, 3.63) is 59.7 Å². The van der Waals surface area contributed by atoms with E-state index in [1.54, 1.807) is 48.5 Å². The van der Waals surface area contributed by atoms with Crippen LogP contribution in [-0.4, -0.2) is 29.6 Å². The number of benzene rings is 2. The Bertz CT molecular complexity index is 884. The smallest absolute Gasteiger partial charge is 0.257 e. The molecule has 166 valence electrons. The Kier molecular flexibility index (Phi) is 9.97. The second-order valence-corrected chi connectivity index (χ2v) is 7.76. The van der Waals surface area contributed by atoms with Crippen molar-refractivity contribution in [3.8, 4) is 5.75 Å². The van der Waals surface area contributed by atoms with Gasteiger partial charge in [0.05, 0.1) is 6.61 Å². The van der Waals surface area contributed by atoms with Crippen molar-refractivity contribution in [2.45, 2.75) is 52.5 Å². The minimum Gasteiger partial charge on any atom is -0.494 e. The van der Waals surface area contributed by atoms with Gasteiger partial charge in [0.2, 0.25) is 0 Å². The summed E-state index contributed by atoms with van der Waals surface area (Å²) in [6.07, 6.45) is 4.15. The first-order valence-electron chi connectivity index (χ1n) is 10.7. The van der Waals surface area contributed by atoms with Gasteiger partial charge in [0.1, 0.15) is 5.75 Å². The molecule has 0 heterocycles. The van der Waals surface area contributed by atoms with Gasteiger partial charge in [-0.3, -0.25) is 14.9 Å². The largest absolute Gasteiger partial charge is 0.494 e. The summed E-state index contributed by atoms with van der Waals surface area (Å²) in [5, 5.41) is 8.69. The number of nitrogens with one attached hydrogen (secondary N) is 3. The van der Waals surface area contributed by atoms with Crippen LogP contribution in [-0.2, 0) is 0 Å². The maximum Gasteiger partial charge on any atom is 0.257 e. The molecule has 0 radical (unpaired) electrons. The zero-order valence-corrected chi connectivity index (χ0v) is 19.2. The van der Waals surface area contributed by atoms with Crippen LogP contribution in [0.4, 0.5) is 5.69 Å². The molecule has 2 aromatic carbocycles. The van der Waals surface area contributed by atoms with E-state index in [4.69, 9.17) is 17.0 Å². The Morgan fingerprint density at radius 3 is 2.42 bits per heavy atom. The molecule has 31 heavy (non-hydrogen) atoms. The van der Waals surface area contributed by atoms with Crippen LogP contribution < -0.4 is 20.7 Å². The van der Waals surface area contributed by atoms with Crippen molar-refractivity contribution in [2.75, 3.05) is 11.9 Å². The van der Waals surface area contributed by atoms with Gasteiger partial charge in [-0.15, -0.1) is 0 Å². The Labute approximate surface area is 189 Å². The van der Waals surface area contributed by atoms with Gasteiger partial charge in [-0.2, -0.15) is 0 Å². The molecule has 0 aromatic heterocycles. The van der Waals surface area contributed by atoms with Gasteiger partial charge in [-0.05, 0) is 74.4 Å². The molecule has 0 saturated heterocycles. The van der Waals surface area contributed by atoms with E-state index in [2.05, 4.69) is 22.9 Å². The molecular formula is C24H31N3O3S. The molecule has 0 spiro atoms. The predicted octanol–water partition coefficient (Wildman–Crippen LogP) is 4.91. The molecule has 3 N–H and O–H groups in total. The van der Waals surface area contributed by atoms with Crippen LogP contribution in [0.25, 0.3) is 0 Å². The third-order valence-corrected chi connectivity index (χ3v) is 4.94. The van der Waals surface area contributed by atoms with Crippen LogP contribution in [0.1, 0.15) is 67.2 Å². The van der Waals surface area contributed by atoms with Gasteiger partial charge in [0, 0.05) is 22.9 Å². The van der Waals surface area contributed by atoms with Crippen molar-refractivity contribution in [1.82, 2.24) is 10.6 Å². The topological polar surface area (TPSA) is 79.5 Å². The summed E-state index contributed by atoms with van der Waals surface area (Å²) in [6.45, 7) is 6.78. The average Bonchev–Trinajstić information content (AvgIpc) is 2.77. The third kappa shape index (κ3) is 8.38. The normalized spacial score (nSPS) is 11.3. The Hall–Kier alpha value is -2.93. The van der Waals surface area contributed by atoms with Gasteiger partial charge >= 0.3 is 0 Å². The number of amides is 2. The average molecular weight is 442 g/mol. The zero-order valence-electron chi connectivity index (χ0n) is 18.4. The number of carbonyl (C=O) groups excluding carboxylic acids is 2. The van der Waals surface area contributed by atoms with E-state index >= 15 is 0 Å². The Morgan fingerprint density at radius 1 is 1.00 bits per heavy atom. The van der Waals surface area contributed by atoms with Crippen molar-refractivity contribution in [1.29, 1.82) is 0 Å². The zero-order chi connectivity index (χ0) is 22.6. The number of ether oxygens (including phenoxy) is 1. The first-order chi connectivity index (χ1) is 14.9. The maximum atomic E-state index is 12.4. The van der Waals surface area contributed by atoms with E-state index < -0.39 is 0 Å². The summed E-state index contributed by atoms with van der Waals surface area (Å²) in [7, 11) is 0. The lowest BCUT2D eigenvalue weighted by Gasteiger charge is -2.13. The number of thiocarbonyl (C=S) groups is 1. The summed E-state index contributed by atoms with van der Waals surface area (Å²) in [4.78, 5) is 24.7. The quantitative estimate of drug-likeness (QED) is 0.361. The maximum absolute atomic E-state index is 12.4. The molecule has 0 bridgehead atoms. The van der Waals surface area contributed by atoms with Crippen molar-refractivity contribution in [2.24, 2.45) is 0 Å². The molecule has 0 fully saturated rings. The molecule has 6 nitrogen and oxygen atoms in total. The first kappa shape index (κ1) is 24.3. The van der Waals surface area contributed by atoms with Crippen LogP contribution in [0.5, 0.6) is 5.75 Å². The SMILES string of the molecule is CCCCCOc1ccc(C(=O)NC(=S)Nc2cccc(C(=O)NC(C)CC)c2)cc1. The molecular weight excluding hydrogens is 410 g/mol. The lowest BCUT2D eigenvalue weighted by molar-refractivity contribution is 0.0937. The number of hydrogen-bond donors (Lipinski definition) is 3. The number of carbonyl (C=O) groups is 2. The third-order valence-electron chi connectivity index (χ3n) is 4.73. The van der Waals surface area contributed by atoms with Crippen LogP contribution in [0, 0.1) is 0 Å². The number of anilines is 1. The van der Waals surface area contributed by atoms with Gasteiger partial charge in [0.25, 0.3) is 11.8 Å². The minimum atomic E-state index is -0.319. The molecule has 1 atom stereocenters. The first-order valence-corrected chi connectivity index (χ1v) is 11.1. The monoisotopic (exact) mass is 441 g/mol. The van der Waals surface area contributed by atoms with Crippen molar-refractivity contribution < 1.29 is 14.3 Å². The summed E-state index contributed by atoms with van der Waals surface area (Å²) < 4.78 is 5.66. The highest BCUT2D eigenvalue weighted by molar-refractivity contribution is 7.80. The molecule has 0 aliphatic carbocycles. The molecule has 0 aliphatic heterocycles. The van der Waals surface area contributed by atoms with Crippen LogP contribution >= 0.6 is 12.2 Å². The molecule has 2 aromatic rings. The fourth-order valence-corrected chi connectivity index (χ4v) is 2.94.